The van der Waals surface area contributed by atoms with Gasteiger partial charge in [0.05, 0.1) is 11.2 Å². The van der Waals surface area contributed by atoms with Crippen LogP contribution in [-0.4, -0.2) is 36.2 Å². The van der Waals surface area contributed by atoms with Gasteiger partial charge in [-0.05, 0) is 32.3 Å². The van der Waals surface area contributed by atoms with Crippen molar-refractivity contribution in [3.05, 3.63) is 23.6 Å². The summed E-state index contributed by atoms with van der Waals surface area (Å²) in [6.07, 6.45) is 4.17. The number of aromatic nitrogens is 1. The zero-order chi connectivity index (χ0) is 15.3. The Bertz CT molecular complexity index is 502. The predicted octanol–water partition coefficient (Wildman–Crippen LogP) is 2.34. The van der Waals surface area contributed by atoms with Gasteiger partial charge in [0.25, 0.3) is 5.91 Å². The lowest BCUT2D eigenvalue weighted by Gasteiger charge is -2.23. The normalized spacial score (nSPS) is 21.3. The standard InChI is InChI=1S/C15H22FN3O2/c1-3-7-17-13-12(16)11(5-8-18-13)14(20)19-10-15(2)6-4-9-21-15/h5,8H,3-4,6-7,9-10H2,1-2H3,(H,17,18)(H,19,20). The first kappa shape index (κ1) is 15.7. The molecule has 1 saturated heterocycles. The second kappa shape index (κ2) is 6.85. The van der Waals surface area contributed by atoms with Crippen molar-refractivity contribution in [2.24, 2.45) is 0 Å². The smallest absolute Gasteiger partial charge is 0.254 e. The van der Waals surface area contributed by atoms with Gasteiger partial charge in [-0.25, -0.2) is 9.37 Å². The van der Waals surface area contributed by atoms with Gasteiger partial charge >= 0.3 is 0 Å². The fourth-order valence-corrected chi connectivity index (χ4v) is 2.32. The summed E-state index contributed by atoms with van der Waals surface area (Å²) in [4.78, 5) is 16.0. The lowest BCUT2D eigenvalue weighted by atomic mass is 10.0. The van der Waals surface area contributed by atoms with Gasteiger partial charge in [0.15, 0.2) is 11.6 Å². The van der Waals surface area contributed by atoms with E-state index in [-0.39, 0.29) is 17.0 Å². The van der Waals surface area contributed by atoms with E-state index >= 15 is 0 Å². The van der Waals surface area contributed by atoms with Crippen molar-refractivity contribution in [3.63, 3.8) is 0 Å². The monoisotopic (exact) mass is 295 g/mol. The number of rotatable bonds is 6. The lowest BCUT2D eigenvalue weighted by molar-refractivity contribution is 0.0205. The Morgan fingerprint density at radius 1 is 1.57 bits per heavy atom. The molecule has 116 valence electrons. The third-order valence-corrected chi connectivity index (χ3v) is 3.60. The highest BCUT2D eigenvalue weighted by molar-refractivity contribution is 5.95. The summed E-state index contributed by atoms with van der Waals surface area (Å²) in [5.74, 6) is -0.931. The first-order chi connectivity index (χ1) is 10.1. The zero-order valence-electron chi connectivity index (χ0n) is 12.5. The van der Waals surface area contributed by atoms with Gasteiger partial charge in [0, 0.05) is 25.9 Å². The number of carbonyl (C=O) groups excluding carboxylic acids is 1. The molecule has 0 aromatic carbocycles. The van der Waals surface area contributed by atoms with E-state index in [1.165, 1.54) is 12.3 Å². The molecule has 1 aliphatic heterocycles. The number of amides is 1. The SMILES string of the molecule is CCCNc1nccc(C(=O)NCC2(C)CCCO2)c1F. The summed E-state index contributed by atoms with van der Waals surface area (Å²) in [6, 6.07) is 1.39. The Morgan fingerprint density at radius 2 is 2.38 bits per heavy atom. The molecule has 0 saturated carbocycles. The Labute approximate surface area is 124 Å². The number of halogens is 1. The molecule has 1 atom stereocenters. The van der Waals surface area contributed by atoms with Gasteiger partial charge in [-0.15, -0.1) is 0 Å². The number of anilines is 1. The molecule has 2 heterocycles. The molecule has 0 aliphatic carbocycles. The molecule has 2 N–H and O–H groups in total. The molecular formula is C15H22FN3O2. The second-order valence-corrected chi connectivity index (χ2v) is 5.53. The van der Waals surface area contributed by atoms with Crippen molar-refractivity contribution in [2.75, 3.05) is 25.0 Å². The molecule has 2 rings (SSSR count). The van der Waals surface area contributed by atoms with Crippen molar-refractivity contribution in [3.8, 4) is 0 Å². The number of carbonyl (C=O) groups is 1. The molecule has 1 fully saturated rings. The fourth-order valence-electron chi connectivity index (χ4n) is 2.32. The van der Waals surface area contributed by atoms with Crippen LogP contribution in [0.5, 0.6) is 0 Å². The van der Waals surface area contributed by atoms with E-state index in [1.54, 1.807) is 0 Å². The number of nitrogens with zero attached hydrogens (tertiary/aromatic N) is 1. The highest BCUT2D eigenvalue weighted by Gasteiger charge is 2.30. The van der Waals surface area contributed by atoms with Gasteiger partial charge in [-0.1, -0.05) is 6.92 Å². The Hall–Kier alpha value is -1.69. The summed E-state index contributed by atoms with van der Waals surface area (Å²) in [6.45, 7) is 5.63. The molecular weight excluding hydrogens is 273 g/mol. The third kappa shape index (κ3) is 3.91. The van der Waals surface area contributed by atoms with Gasteiger partial charge in [-0.3, -0.25) is 4.79 Å². The van der Waals surface area contributed by atoms with Gasteiger partial charge in [0.1, 0.15) is 0 Å². The quantitative estimate of drug-likeness (QED) is 0.845. The molecule has 5 nitrogen and oxygen atoms in total. The van der Waals surface area contributed by atoms with Crippen LogP contribution in [0.3, 0.4) is 0 Å². The molecule has 0 radical (unpaired) electrons. The molecule has 6 heteroatoms. The summed E-state index contributed by atoms with van der Waals surface area (Å²) < 4.78 is 19.8. The molecule has 0 bridgehead atoms. The summed E-state index contributed by atoms with van der Waals surface area (Å²) in [5, 5.41) is 5.62. The number of ether oxygens (including phenoxy) is 1. The highest BCUT2D eigenvalue weighted by atomic mass is 19.1. The van der Waals surface area contributed by atoms with Crippen molar-refractivity contribution in [1.29, 1.82) is 0 Å². The van der Waals surface area contributed by atoms with Crippen molar-refractivity contribution in [2.45, 2.75) is 38.7 Å². The molecule has 21 heavy (non-hydrogen) atoms. The maximum Gasteiger partial charge on any atom is 0.254 e. The van der Waals surface area contributed by atoms with Crippen LogP contribution in [0.1, 0.15) is 43.5 Å². The van der Waals surface area contributed by atoms with E-state index in [2.05, 4.69) is 15.6 Å². The van der Waals surface area contributed by atoms with Crippen molar-refractivity contribution in [1.82, 2.24) is 10.3 Å². The van der Waals surface area contributed by atoms with Crippen molar-refractivity contribution < 1.29 is 13.9 Å². The van der Waals surface area contributed by atoms with Crippen LogP contribution in [0.2, 0.25) is 0 Å². The molecule has 1 unspecified atom stereocenters. The van der Waals surface area contributed by atoms with Crippen LogP contribution >= 0.6 is 0 Å². The maximum absolute atomic E-state index is 14.2. The van der Waals surface area contributed by atoms with Crippen LogP contribution in [0, 0.1) is 5.82 Å². The number of pyridine rings is 1. The second-order valence-electron chi connectivity index (χ2n) is 5.53. The van der Waals surface area contributed by atoms with E-state index in [0.29, 0.717) is 19.7 Å². The van der Waals surface area contributed by atoms with E-state index < -0.39 is 11.7 Å². The van der Waals surface area contributed by atoms with E-state index in [1.807, 2.05) is 13.8 Å². The first-order valence-electron chi connectivity index (χ1n) is 7.36. The van der Waals surface area contributed by atoms with Crippen LogP contribution in [-0.2, 0) is 4.74 Å². The number of hydrogen-bond donors (Lipinski definition) is 2. The topological polar surface area (TPSA) is 63.2 Å². The van der Waals surface area contributed by atoms with Crippen LogP contribution < -0.4 is 10.6 Å². The van der Waals surface area contributed by atoms with Crippen LogP contribution in [0.4, 0.5) is 10.2 Å². The molecule has 1 aliphatic rings. The number of hydrogen-bond acceptors (Lipinski definition) is 4. The third-order valence-electron chi connectivity index (χ3n) is 3.60. The van der Waals surface area contributed by atoms with Crippen molar-refractivity contribution >= 4 is 11.7 Å². The number of nitrogens with one attached hydrogen (secondary N) is 2. The van der Waals surface area contributed by atoms with Gasteiger partial charge in [0.2, 0.25) is 0 Å². The highest BCUT2D eigenvalue weighted by Crippen LogP contribution is 2.24. The Morgan fingerprint density at radius 3 is 3.05 bits per heavy atom. The maximum atomic E-state index is 14.2. The van der Waals surface area contributed by atoms with Crippen LogP contribution in [0.25, 0.3) is 0 Å². The van der Waals surface area contributed by atoms with E-state index in [0.717, 1.165) is 19.3 Å². The summed E-state index contributed by atoms with van der Waals surface area (Å²) >= 11 is 0. The van der Waals surface area contributed by atoms with E-state index in [4.69, 9.17) is 4.74 Å². The Kier molecular flexibility index (Phi) is 5.12. The lowest BCUT2D eigenvalue weighted by Crippen LogP contribution is -2.40. The molecule has 0 spiro atoms. The molecule has 1 aromatic heterocycles. The average Bonchev–Trinajstić information content (AvgIpc) is 2.91. The first-order valence-corrected chi connectivity index (χ1v) is 7.36. The fraction of sp³-hybridized carbons (Fsp3) is 0.600. The molecule has 1 amide bonds. The minimum atomic E-state index is -0.610. The average molecular weight is 295 g/mol. The summed E-state index contributed by atoms with van der Waals surface area (Å²) in [5.41, 5.74) is -0.340. The van der Waals surface area contributed by atoms with Gasteiger partial charge in [-0.2, -0.15) is 0 Å². The Balaban J connectivity index is 2.01. The largest absolute Gasteiger partial charge is 0.373 e. The zero-order valence-corrected chi connectivity index (χ0v) is 12.5. The minimum Gasteiger partial charge on any atom is -0.373 e. The van der Waals surface area contributed by atoms with E-state index in [9.17, 15) is 9.18 Å². The van der Waals surface area contributed by atoms with Gasteiger partial charge < -0.3 is 15.4 Å². The van der Waals surface area contributed by atoms with Crippen LogP contribution in [0.15, 0.2) is 12.3 Å². The predicted molar refractivity (Wildman–Crippen MR) is 78.9 cm³/mol. The summed E-state index contributed by atoms with van der Waals surface area (Å²) in [7, 11) is 0. The molecule has 1 aromatic rings. The minimum absolute atomic E-state index is 0.00481.